The Balaban J connectivity index is 2.34. The van der Waals surface area contributed by atoms with Crippen molar-refractivity contribution in [2.45, 2.75) is 33.2 Å². The summed E-state index contributed by atoms with van der Waals surface area (Å²) in [7, 11) is 1.96. The van der Waals surface area contributed by atoms with Crippen LogP contribution in [0.15, 0.2) is 18.2 Å². The average Bonchev–Trinajstić information content (AvgIpc) is 2.79. The minimum atomic E-state index is 0.308. The maximum atomic E-state index is 4.31. The normalized spacial score (nSPS) is 12.7. The molecule has 3 nitrogen and oxygen atoms in total. The molecule has 1 aromatic carbocycles. The minimum absolute atomic E-state index is 0.308. The standard InChI is InChI=1S/C14H19N3S/c1-5-12(15-4)14-17-16-13(18-14)11-7-9(2)6-10(3)8-11/h6-8,12,15H,5H2,1-4H3. The number of aromatic nitrogens is 2. The summed E-state index contributed by atoms with van der Waals surface area (Å²) in [6.07, 6.45) is 1.03. The average molecular weight is 261 g/mol. The molecule has 0 aliphatic carbocycles. The molecule has 0 radical (unpaired) electrons. The van der Waals surface area contributed by atoms with Gasteiger partial charge in [0.25, 0.3) is 0 Å². The lowest BCUT2D eigenvalue weighted by Gasteiger charge is -2.08. The number of hydrogen-bond acceptors (Lipinski definition) is 4. The van der Waals surface area contributed by atoms with E-state index in [2.05, 4.69) is 54.5 Å². The first-order chi connectivity index (χ1) is 8.63. The lowest BCUT2D eigenvalue weighted by Crippen LogP contribution is -2.14. The molecule has 0 saturated carbocycles. The first-order valence-corrected chi connectivity index (χ1v) is 7.05. The van der Waals surface area contributed by atoms with Gasteiger partial charge in [-0.3, -0.25) is 0 Å². The van der Waals surface area contributed by atoms with Crippen LogP contribution in [0.2, 0.25) is 0 Å². The van der Waals surface area contributed by atoms with Crippen molar-refractivity contribution in [3.8, 4) is 10.6 Å². The molecule has 1 atom stereocenters. The van der Waals surface area contributed by atoms with Crippen LogP contribution in [0.1, 0.15) is 35.5 Å². The summed E-state index contributed by atoms with van der Waals surface area (Å²) in [6.45, 7) is 6.38. The molecule has 0 fully saturated rings. The van der Waals surface area contributed by atoms with Crippen molar-refractivity contribution >= 4 is 11.3 Å². The van der Waals surface area contributed by atoms with Gasteiger partial charge in [0.05, 0.1) is 6.04 Å². The quantitative estimate of drug-likeness (QED) is 0.915. The molecule has 0 saturated heterocycles. The number of rotatable bonds is 4. The fourth-order valence-electron chi connectivity index (χ4n) is 2.09. The van der Waals surface area contributed by atoms with E-state index in [1.54, 1.807) is 11.3 Å². The summed E-state index contributed by atoms with van der Waals surface area (Å²) in [5, 5.41) is 13.9. The van der Waals surface area contributed by atoms with E-state index in [1.807, 2.05) is 7.05 Å². The molecule has 0 bridgehead atoms. The van der Waals surface area contributed by atoms with Crippen molar-refractivity contribution in [2.24, 2.45) is 0 Å². The minimum Gasteiger partial charge on any atom is -0.311 e. The number of nitrogens with one attached hydrogen (secondary N) is 1. The van der Waals surface area contributed by atoms with E-state index in [1.165, 1.54) is 16.7 Å². The van der Waals surface area contributed by atoms with Crippen molar-refractivity contribution in [2.75, 3.05) is 7.05 Å². The van der Waals surface area contributed by atoms with Crippen molar-refractivity contribution < 1.29 is 0 Å². The molecule has 4 heteroatoms. The van der Waals surface area contributed by atoms with Gasteiger partial charge in [0.15, 0.2) is 0 Å². The zero-order valence-electron chi connectivity index (χ0n) is 11.3. The lowest BCUT2D eigenvalue weighted by atomic mass is 10.1. The van der Waals surface area contributed by atoms with Gasteiger partial charge in [-0.1, -0.05) is 35.5 Å². The Morgan fingerprint density at radius 3 is 2.39 bits per heavy atom. The Morgan fingerprint density at radius 1 is 1.17 bits per heavy atom. The van der Waals surface area contributed by atoms with E-state index in [-0.39, 0.29) is 0 Å². The van der Waals surface area contributed by atoms with E-state index in [0.717, 1.165) is 16.4 Å². The van der Waals surface area contributed by atoms with Gasteiger partial charge in [-0.25, -0.2) is 0 Å². The van der Waals surface area contributed by atoms with Crippen LogP contribution in [0.25, 0.3) is 10.6 Å². The summed E-state index contributed by atoms with van der Waals surface area (Å²) < 4.78 is 0. The molecule has 2 rings (SSSR count). The maximum absolute atomic E-state index is 4.31. The summed E-state index contributed by atoms with van der Waals surface area (Å²) in [6, 6.07) is 6.81. The van der Waals surface area contributed by atoms with Crippen LogP contribution in [0, 0.1) is 13.8 Å². The first-order valence-electron chi connectivity index (χ1n) is 6.23. The van der Waals surface area contributed by atoms with Gasteiger partial charge in [0.1, 0.15) is 10.0 Å². The predicted molar refractivity (Wildman–Crippen MR) is 76.9 cm³/mol. The number of nitrogens with zero attached hydrogens (tertiary/aromatic N) is 2. The van der Waals surface area contributed by atoms with Crippen LogP contribution < -0.4 is 5.32 Å². The summed E-state index contributed by atoms with van der Waals surface area (Å²) in [5.74, 6) is 0. The summed E-state index contributed by atoms with van der Waals surface area (Å²) in [5.41, 5.74) is 3.70. The molecule has 0 amide bonds. The molecule has 1 heterocycles. The highest BCUT2D eigenvalue weighted by Gasteiger charge is 2.14. The van der Waals surface area contributed by atoms with E-state index in [9.17, 15) is 0 Å². The highest BCUT2D eigenvalue weighted by Crippen LogP contribution is 2.29. The lowest BCUT2D eigenvalue weighted by molar-refractivity contribution is 0.568. The molecule has 1 aromatic heterocycles. The molecule has 1 N–H and O–H groups in total. The third kappa shape index (κ3) is 2.76. The molecule has 2 aromatic rings. The molecular formula is C14H19N3S. The van der Waals surface area contributed by atoms with E-state index in [0.29, 0.717) is 6.04 Å². The zero-order chi connectivity index (χ0) is 13.1. The van der Waals surface area contributed by atoms with E-state index >= 15 is 0 Å². The number of aryl methyl sites for hydroxylation is 2. The third-order valence-electron chi connectivity index (χ3n) is 2.96. The smallest absolute Gasteiger partial charge is 0.147 e. The highest BCUT2D eigenvalue weighted by molar-refractivity contribution is 7.14. The Bertz CT molecular complexity index is 509. The van der Waals surface area contributed by atoms with Crippen LogP contribution in [0.5, 0.6) is 0 Å². The van der Waals surface area contributed by atoms with Crippen LogP contribution >= 0.6 is 11.3 Å². The van der Waals surface area contributed by atoms with Gasteiger partial charge in [0.2, 0.25) is 0 Å². The fourth-order valence-corrected chi connectivity index (χ4v) is 3.12. The highest BCUT2D eigenvalue weighted by atomic mass is 32.1. The Hall–Kier alpha value is -1.26. The van der Waals surface area contributed by atoms with Crippen molar-refractivity contribution in [3.05, 3.63) is 34.3 Å². The first kappa shape index (κ1) is 13.2. The number of hydrogen-bond donors (Lipinski definition) is 1. The molecular weight excluding hydrogens is 242 g/mol. The molecule has 96 valence electrons. The van der Waals surface area contributed by atoms with Gasteiger partial charge in [-0.05, 0) is 39.4 Å². The second kappa shape index (κ2) is 5.59. The predicted octanol–water partition coefficient (Wildman–Crippen LogP) is 3.49. The SMILES string of the molecule is CCC(NC)c1nnc(-c2cc(C)cc(C)c2)s1. The Labute approximate surface area is 112 Å². The van der Waals surface area contributed by atoms with E-state index in [4.69, 9.17) is 0 Å². The molecule has 18 heavy (non-hydrogen) atoms. The molecule has 0 spiro atoms. The zero-order valence-corrected chi connectivity index (χ0v) is 12.1. The van der Waals surface area contributed by atoms with Gasteiger partial charge in [-0.2, -0.15) is 0 Å². The van der Waals surface area contributed by atoms with E-state index < -0.39 is 0 Å². The molecule has 1 unspecified atom stereocenters. The summed E-state index contributed by atoms with van der Waals surface area (Å²) >= 11 is 1.68. The van der Waals surface area contributed by atoms with Gasteiger partial charge < -0.3 is 5.32 Å². The van der Waals surface area contributed by atoms with Crippen molar-refractivity contribution in [3.63, 3.8) is 0 Å². The van der Waals surface area contributed by atoms with Crippen molar-refractivity contribution in [1.29, 1.82) is 0 Å². The van der Waals surface area contributed by atoms with Crippen LogP contribution in [-0.2, 0) is 0 Å². The van der Waals surface area contributed by atoms with Gasteiger partial charge >= 0.3 is 0 Å². The third-order valence-corrected chi connectivity index (χ3v) is 4.05. The summed E-state index contributed by atoms with van der Waals surface area (Å²) in [4.78, 5) is 0. The number of benzene rings is 1. The van der Waals surface area contributed by atoms with Crippen LogP contribution in [0.4, 0.5) is 0 Å². The molecule has 0 aliphatic heterocycles. The van der Waals surface area contributed by atoms with Gasteiger partial charge in [-0.15, -0.1) is 10.2 Å². The second-order valence-electron chi connectivity index (χ2n) is 4.57. The Kier molecular flexibility index (Phi) is 4.09. The van der Waals surface area contributed by atoms with Gasteiger partial charge in [0, 0.05) is 5.56 Å². The largest absolute Gasteiger partial charge is 0.311 e. The maximum Gasteiger partial charge on any atom is 0.147 e. The van der Waals surface area contributed by atoms with Crippen LogP contribution in [0.3, 0.4) is 0 Å². The van der Waals surface area contributed by atoms with Crippen molar-refractivity contribution in [1.82, 2.24) is 15.5 Å². The monoisotopic (exact) mass is 261 g/mol. The van der Waals surface area contributed by atoms with Crippen LogP contribution in [-0.4, -0.2) is 17.2 Å². The molecule has 0 aliphatic rings. The second-order valence-corrected chi connectivity index (χ2v) is 5.58. The fraction of sp³-hybridized carbons (Fsp3) is 0.429. The topological polar surface area (TPSA) is 37.8 Å². The Morgan fingerprint density at radius 2 is 1.83 bits per heavy atom.